The van der Waals surface area contributed by atoms with Gasteiger partial charge in [-0.1, -0.05) is 0 Å². The Morgan fingerprint density at radius 1 is 0.824 bits per heavy atom. The molecule has 0 radical (unpaired) electrons. The number of fused-ring (bicyclic) bond motifs is 2. The smallest absolute Gasteiger partial charge is 0.338 e. The van der Waals surface area contributed by atoms with Crippen LogP contribution < -0.4 is 14.2 Å². The number of esters is 1. The fourth-order valence-electron chi connectivity index (χ4n) is 3.94. The lowest BCUT2D eigenvalue weighted by Gasteiger charge is -2.34. The van der Waals surface area contributed by atoms with Gasteiger partial charge in [-0.25, -0.2) is 4.79 Å². The lowest BCUT2D eigenvalue weighted by molar-refractivity contribution is -0.0189. The first kappa shape index (κ1) is 21.2. The van der Waals surface area contributed by atoms with Crippen molar-refractivity contribution in [1.29, 1.82) is 0 Å². The molecule has 0 saturated carbocycles. The van der Waals surface area contributed by atoms with Gasteiger partial charge < -0.3 is 49.6 Å². The second-order valence-corrected chi connectivity index (χ2v) is 7.76. The minimum atomic E-state index is -1.11. The van der Waals surface area contributed by atoms with Crippen molar-refractivity contribution in [3.8, 4) is 51.7 Å². The average Bonchev–Trinajstić information content (AvgIpc) is 3.26. The standard InChI is InChI=1S/C23H18O11/c24-11-5-13(25)12-7-19(34-23(30)10-3-16(28)22-18(4-10)31-8-32-22)21(33-17(12)6-11)9-1-14(26)20(29)15(27)2-9/h1-6,19,21,24-29H,7-8H2/t19-,21-/m1/s1. The zero-order chi connectivity index (χ0) is 24.1. The van der Waals surface area contributed by atoms with Crippen LogP contribution in [-0.2, 0) is 11.2 Å². The molecule has 2 atom stereocenters. The van der Waals surface area contributed by atoms with E-state index in [0.717, 1.165) is 24.3 Å². The van der Waals surface area contributed by atoms with Crippen molar-refractivity contribution < 1.29 is 54.4 Å². The average molecular weight is 470 g/mol. The van der Waals surface area contributed by atoms with Gasteiger partial charge in [0.1, 0.15) is 23.4 Å². The lowest BCUT2D eigenvalue weighted by Crippen LogP contribution is -2.34. The van der Waals surface area contributed by atoms with Crippen LogP contribution >= 0.6 is 0 Å². The molecule has 3 aromatic rings. The van der Waals surface area contributed by atoms with E-state index in [-0.39, 0.29) is 64.4 Å². The van der Waals surface area contributed by atoms with Gasteiger partial charge in [0.05, 0.1) is 5.56 Å². The third-order valence-corrected chi connectivity index (χ3v) is 5.53. The maximum Gasteiger partial charge on any atom is 0.338 e. The van der Waals surface area contributed by atoms with E-state index in [9.17, 15) is 35.4 Å². The van der Waals surface area contributed by atoms with Crippen molar-refractivity contribution in [2.75, 3.05) is 6.79 Å². The maximum atomic E-state index is 13.0. The molecule has 11 heteroatoms. The Balaban J connectivity index is 1.52. The molecule has 6 N–H and O–H groups in total. The largest absolute Gasteiger partial charge is 0.508 e. The third kappa shape index (κ3) is 3.52. The first-order chi connectivity index (χ1) is 16.2. The lowest BCUT2D eigenvalue weighted by atomic mass is 9.93. The quantitative estimate of drug-likeness (QED) is 0.245. The van der Waals surface area contributed by atoms with Crippen molar-refractivity contribution in [3.63, 3.8) is 0 Å². The van der Waals surface area contributed by atoms with Gasteiger partial charge >= 0.3 is 5.97 Å². The second-order valence-electron chi connectivity index (χ2n) is 7.76. The predicted octanol–water partition coefficient (Wildman–Crippen LogP) is 2.55. The molecule has 2 aliphatic heterocycles. The van der Waals surface area contributed by atoms with Crippen molar-refractivity contribution in [2.24, 2.45) is 0 Å². The SMILES string of the molecule is O=C(O[C@@H]1Cc2c(O)cc(O)cc2O[C@@H]1c1cc(O)c(O)c(O)c1)c1cc(O)c2c(c1)OCO2. The van der Waals surface area contributed by atoms with E-state index >= 15 is 0 Å². The van der Waals surface area contributed by atoms with Gasteiger partial charge in [0.15, 0.2) is 34.9 Å². The van der Waals surface area contributed by atoms with Gasteiger partial charge in [-0.05, 0) is 24.3 Å². The summed E-state index contributed by atoms with van der Waals surface area (Å²) in [7, 11) is 0. The van der Waals surface area contributed by atoms with E-state index in [2.05, 4.69) is 0 Å². The molecule has 2 heterocycles. The van der Waals surface area contributed by atoms with Crippen LogP contribution in [0.2, 0.25) is 0 Å². The normalized spacial score (nSPS) is 18.1. The minimum Gasteiger partial charge on any atom is -0.508 e. The molecule has 5 rings (SSSR count). The molecule has 0 spiro atoms. The molecule has 0 aliphatic carbocycles. The number of hydrogen-bond acceptors (Lipinski definition) is 11. The Morgan fingerprint density at radius 3 is 2.29 bits per heavy atom. The van der Waals surface area contributed by atoms with Crippen LogP contribution in [0.1, 0.15) is 27.6 Å². The highest BCUT2D eigenvalue weighted by molar-refractivity contribution is 5.91. The van der Waals surface area contributed by atoms with Gasteiger partial charge in [-0.2, -0.15) is 0 Å². The van der Waals surface area contributed by atoms with Gasteiger partial charge in [-0.15, -0.1) is 0 Å². The summed E-state index contributed by atoms with van der Waals surface area (Å²) in [6.07, 6.45) is -2.26. The number of benzene rings is 3. The molecule has 2 aliphatic rings. The Kier molecular flexibility index (Phi) is 4.82. The first-order valence-corrected chi connectivity index (χ1v) is 10.0. The highest BCUT2D eigenvalue weighted by atomic mass is 16.7. The van der Waals surface area contributed by atoms with Crippen LogP contribution in [0, 0.1) is 0 Å². The molecule has 0 amide bonds. The fourth-order valence-corrected chi connectivity index (χ4v) is 3.94. The fraction of sp³-hybridized carbons (Fsp3) is 0.174. The Morgan fingerprint density at radius 2 is 1.56 bits per heavy atom. The van der Waals surface area contributed by atoms with Gasteiger partial charge in [0.2, 0.25) is 12.5 Å². The van der Waals surface area contributed by atoms with Crippen LogP contribution in [-0.4, -0.2) is 49.5 Å². The van der Waals surface area contributed by atoms with Gasteiger partial charge in [0.25, 0.3) is 0 Å². The van der Waals surface area contributed by atoms with E-state index in [1.807, 2.05) is 0 Å². The number of ether oxygens (including phenoxy) is 4. The van der Waals surface area contributed by atoms with Crippen molar-refractivity contribution in [1.82, 2.24) is 0 Å². The highest BCUT2D eigenvalue weighted by Crippen LogP contribution is 2.46. The summed E-state index contributed by atoms with van der Waals surface area (Å²) in [5.74, 6) is -3.36. The minimum absolute atomic E-state index is 0.0439. The summed E-state index contributed by atoms with van der Waals surface area (Å²) in [5.41, 5.74) is 0.359. The van der Waals surface area contributed by atoms with Crippen LogP contribution in [0.5, 0.6) is 51.7 Å². The Labute approximate surface area is 191 Å². The molecular weight excluding hydrogens is 452 g/mol. The molecule has 176 valence electrons. The van der Waals surface area contributed by atoms with E-state index in [0.29, 0.717) is 0 Å². The maximum absolute atomic E-state index is 13.0. The Hall–Kier alpha value is -4.67. The van der Waals surface area contributed by atoms with Crippen molar-refractivity contribution in [3.05, 3.63) is 53.1 Å². The molecule has 0 fully saturated rings. The number of aromatic hydroxyl groups is 6. The summed E-state index contributed by atoms with van der Waals surface area (Å²) in [6, 6.07) is 7.10. The molecule has 0 unspecified atom stereocenters. The molecule has 0 aromatic heterocycles. The summed E-state index contributed by atoms with van der Waals surface area (Å²) >= 11 is 0. The molecule has 11 nitrogen and oxygen atoms in total. The molecule has 0 saturated heterocycles. The summed E-state index contributed by atoms with van der Waals surface area (Å²) in [6.45, 7) is -0.114. The number of carbonyl (C=O) groups excluding carboxylic acids is 1. The molecular formula is C23H18O11. The van der Waals surface area contributed by atoms with E-state index in [1.54, 1.807) is 0 Å². The van der Waals surface area contributed by atoms with Crippen molar-refractivity contribution in [2.45, 2.75) is 18.6 Å². The predicted molar refractivity (Wildman–Crippen MR) is 112 cm³/mol. The van der Waals surface area contributed by atoms with E-state index in [1.165, 1.54) is 12.1 Å². The topological polar surface area (TPSA) is 175 Å². The van der Waals surface area contributed by atoms with Crippen LogP contribution in [0.25, 0.3) is 0 Å². The van der Waals surface area contributed by atoms with E-state index in [4.69, 9.17) is 18.9 Å². The molecule has 0 bridgehead atoms. The zero-order valence-electron chi connectivity index (χ0n) is 17.3. The Bertz CT molecular complexity index is 1290. The van der Waals surface area contributed by atoms with Crippen molar-refractivity contribution >= 4 is 5.97 Å². The number of phenolic OH excluding ortho intramolecular Hbond substituents is 6. The number of carbonyl (C=O) groups is 1. The molecule has 3 aromatic carbocycles. The van der Waals surface area contributed by atoms with Gasteiger partial charge in [0, 0.05) is 29.7 Å². The number of hydrogen-bond donors (Lipinski definition) is 6. The number of phenols is 6. The molecule has 34 heavy (non-hydrogen) atoms. The van der Waals surface area contributed by atoms with E-state index < -0.39 is 35.4 Å². The third-order valence-electron chi connectivity index (χ3n) is 5.53. The van der Waals surface area contributed by atoms with Gasteiger partial charge in [-0.3, -0.25) is 0 Å². The van der Waals surface area contributed by atoms with Crippen LogP contribution in [0.3, 0.4) is 0 Å². The summed E-state index contributed by atoms with van der Waals surface area (Å²) < 4.78 is 21.9. The summed E-state index contributed by atoms with van der Waals surface area (Å²) in [5, 5.41) is 59.8. The zero-order valence-corrected chi connectivity index (χ0v) is 17.3. The summed E-state index contributed by atoms with van der Waals surface area (Å²) in [4.78, 5) is 13.0. The van der Waals surface area contributed by atoms with Crippen LogP contribution in [0.15, 0.2) is 36.4 Å². The van der Waals surface area contributed by atoms with Crippen LogP contribution in [0.4, 0.5) is 0 Å². The number of rotatable bonds is 3. The monoisotopic (exact) mass is 470 g/mol. The second kappa shape index (κ2) is 7.73. The highest BCUT2D eigenvalue weighted by Gasteiger charge is 2.37. The first-order valence-electron chi connectivity index (χ1n) is 10.0.